The number of fused-ring (bicyclic) bond motifs is 10. The van der Waals surface area contributed by atoms with Crippen LogP contribution in [0.15, 0.2) is 97.1 Å². The van der Waals surface area contributed by atoms with Crippen molar-refractivity contribution in [1.29, 1.82) is 0 Å². The number of carbonyl (C=O) groups is 2. The second-order valence-electron chi connectivity index (χ2n) is 15.0. The Morgan fingerprint density at radius 2 is 1.26 bits per heavy atom. The number of esters is 2. The first kappa shape index (κ1) is 40.2. The van der Waals surface area contributed by atoms with Crippen LogP contribution in [0.3, 0.4) is 0 Å². The molecule has 54 heavy (non-hydrogen) atoms. The molecule has 288 valence electrons. The number of aliphatic hydroxyl groups excluding tert-OH is 2. The van der Waals surface area contributed by atoms with Crippen molar-refractivity contribution >= 4 is 24.1 Å². The number of hydrogen-bond acceptors (Lipinski definition) is 10. The maximum Gasteiger partial charge on any atom is 0.356 e. The molecule has 0 spiro atoms. The van der Waals surface area contributed by atoms with E-state index < -0.39 is 47.2 Å². The maximum atomic E-state index is 13.3. The van der Waals surface area contributed by atoms with Crippen LogP contribution in [-0.2, 0) is 9.47 Å². The van der Waals surface area contributed by atoms with E-state index in [0.29, 0.717) is 24.5 Å². The number of hydrogen-bond donors (Lipinski definition) is 6. The number of aromatic nitrogens is 4. The number of ether oxygens (including phenoxy) is 2. The number of rotatable bonds is 6. The molecule has 4 aliphatic rings. The number of allylic oxidation sites excluding steroid dienone is 6. The minimum absolute atomic E-state index is 0.103. The monoisotopic (exact) mass is 738 g/mol. The SMILES string of the molecule is C/C=C/[C@H](O)C(C)(C)[C@@H]1C/C=C\[C@@H]2C/C(=C\C=C/c3ncc([nH]3)C(=O)O[C@H](C(C)(C)[C@@H](O)/C=C/C)C/C=C\[C@H]3N[C@H]3/C=C/C=C\c3ncc([nH]3)C(=O)O1)N2. The lowest BCUT2D eigenvalue weighted by Gasteiger charge is -2.36. The molecule has 6 bridgehead atoms. The van der Waals surface area contributed by atoms with E-state index in [-0.39, 0.29) is 29.5 Å². The molecule has 2 fully saturated rings. The van der Waals surface area contributed by atoms with Crippen LogP contribution >= 0.6 is 0 Å². The largest absolute Gasteiger partial charge is 0.457 e. The smallest absolute Gasteiger partial charge is 0.356 e. The lowest BCUT2D eigenvalue weighted by molar-refractivity contribution is -0.0461. The van der Waals surface area contributed by atoms with Gasteiger partial charge in [0.2, 0.25) is 0 Å². The van der Waals surface area contributed by atoms with Crippen LogP contribution < -0.4 is 10.6 Å². The Hall–Kier alpha value is -5.04. The molecular weight excluding hydrogens is 684 g/mol. The van der Waals surface area contributed by atoms with Gasteiger partial charge in [-0.2, -0.15) is 0 Å². The molecule has 12 heteroatoms. The summed E-state index contributed by atoms with van der Waals surface area (Å²) in [6.07, 6.45) is 29.7. The fourth-order valence-electron chi connectivity index (χ4n) is 6.19. The summed E-state index contributed by atoms with van der Waals surface area (Å²) in [5.41, 5.74) is -0.0843. The molecule has 2 aromatic heterocycles. The molecule has 0 radical (unpaired) electrons. The van der Waals surface area contributed by atoms with Crippen molar-refractivity contribution in [2.75, 3.05) is 0 Å². The van der Waals surface area contributed by atoms with Crippen LogP contribution in [0.5, 0.6) is 0 Å². The fourth-order valence-corrected chi connectivity index (χ4v) is 6.19. The van der Waals surface area contributed by atoms with Gasteiger partial charge in [-0.1, -0.05) is 101 Å². The Kier molecular flexibility index (Phi) is 13.3. The predicted molar refractivity (Wildman–Crippen MR) is 210 cm³/mol. The Labute approximate surface area is 317 Å². The summed E-state index contributed by atoms with van der Waals surface area (Å²) in [5, 5.41) is 28.6. The van der Waals surface area contributed by atoms with Crippen LogP contribution in [0.1, 0.15) is 93.4 Å². The van der Waals surface area contributed by atoms with Crippen molar-refractivity contribution in [3.8, 4) is 0 Å². The molecule has 2 saturated heterocycles. The normalized spacial score (nSPS) is 29.6. The van der Waals surface area contributed by atoms with Crippen LogP contribution in [0.25, 0.3) is 12.2 Å². The average Bonchev–Trinajstić information content (AvgIpc) is 3.44. The summed E-state index contributed by atoms with van der Waals surface area (Å²) < 4.78 is 12.0. The first-order valence-corrected chi connectivity index (χ1v) is 18.5. The number of aliphatic hydroxyl groups is 2. The van der Waals surface area contributed by atoms with E-state index in [2.05, 4.69) is 30.6 Å². The van der Waals surface area contributed by atoms with E-state index in [1.807, 2.05) is 96.2 Å². The first-order chi connectivity index (χ1) is 25.8. The molecule has 0 amide bonds. The van der Waals surface area contributed by atoms with Crippen molar-refractivity contribution in [2.24, 2.45) is 10.8 Å². The van der Waals surface area contributed by atoms with Crippen LogP contribution in [0, 0.1) is 10.8 Å². The molecular formula is C42H54N6O6. The summed E-state index contributed by atoms with van der Waals surface area (Å²) in [6.45, 7) is 11.2. The molecule has 12 nitrogen and oxygen atoms in total. The summed E-state index contributed by atoms with van der Waals surface area (Å²) >= 11 is 0. The number of aromatic amines is 2. The molecule has 7 atom stereocenters. The molecule has 0 aliphatic carbocycles. The molecule has 2 aromatic rings. The van der Waals surface area contributed by atoms with E-state index in [1.54, 1.807) is 36.5 Å². The van der Waals surface area contributed by atoms with Crippen molar-refractivity contribution in [3.63, 3.8) is 0 Å². The van der Waals surface area contributed by atoms with E-state index in [9.17, 15) is 19.8 Å². The number of nitrogens with zero attached hydrogens (tertiary/aromatic N) is 2. The number of imidazole rings is 2. The predicted octanol–water partition coefficient (Wildman–Crippen LogP) is 5.89. The highest BCUT2D eigenvalue weighted by molar-refractivity contribution is 5.88. The van der Waals surface area contributed by atoms with E-state index >= 15 is 0 Å². The average molecular weight is 739 g/mol. The van der Waals surface area contributed by atoms with Crippen molar-refractivity contribution in [2.45, 2.75) is 103 Å². The molecule has 0 aromatic carbocycles. The third kappa shape index (κ3) is 10.3. The maximum absolute atomic E-state index is 13.3. The van der Waals surface area contributed by atoms with Crippen LogP contribution in [0.2, 0.25) is 0 Å². The number of nitrogens with one attached hydrogen (secondary N) is 4. The van der Waals surface area contributed by atoms with Crippen molar-refractivity contribution < 1.29 is 29.3 Å². The minimum Gasteiger partial charge on any atom is -0.457 e. The molecule has 0 unspecified atom stereocenters. The van der Waals surface area contributed by atoms with Gasteiger partial charge < -0.3 is 40.3 Å². The van der Waals surface area contributed by atoms with Crippen LogP contribution in [-0.4, -0.2) is 84.6 Å². The van der Waals surface area contributed by atoms with Crippen LogP contribution in [0.4, 0.5) is 0 Å². The lowest BCUT2D eigenvalue weighted by atomic mass is 9.78. The summed E-state index contributed by atoms with van der Waals surface area (Å²) in [6, 6.07) is 0.333. The first-order valence-electron chi connectivity index (χ1n) is 18.5. The number of H-pyrrole nitrogens is 2. The zero-order chi connectivity index (χ0) is 38.9. The third-order valence-corrected chi connectivity index (χ3v) is 10.2. The van der Waals surface area contributed by atoms with Gasteiger partial charge >= 0.3 is 11.9 Å². The van der Waals surface area contributed by atoms with Gasteiger partial charge in [0, 0.05) is 53.9 Å². The zero-order valence-electron chi connectivity index (χ0n) is 31.9. The summed E-state index contributed by atoms with van der Waals surface area (Å²) in [4.78, 5) is 41.3. The van der Waals surface area contributed by atoms with Gasteiger partial charge in [0.1, 0.15) is 35.2 Å². The third-order valence-electron chi connectivity index (χ3n) is 10.2. The molecule has 4 aliphatic heterocycles. The lowest BCUT2D eigenvalue weighted by Crippen LogP contribution is -2.42. The molecule has 0 saturated carbocycles. The van der Waals surface area contributed by atoms with Gasteiger partial charge in [-0.3, -0.25) is 0 Å². The Balaban J connectivity index is 1.35. The van der Waals surface area contributed by atoms with Crippen molar-refractivity contribution in [3.05, 3.63) is 120 Å². The van der Waals surface area contributed by atoms with Gasteiger partial charge in [0.15, 0.2) is 0 Å². The van der Waals surface area contributed by atoms with Gasteiger partial charge in [-0.05, 0) is 32.1 Å². The minimum atomic E-state index is -0.830. The highest BCUT2D eigenvalue weighted by atomic mass is 16.6. The van der Waals surface area contributed by atoms with Gasteiger partial charge in [0.25, 0.3) is 0 Å². The molecule has 6 rings (SSSR count). The summed E-state index contributed by atoms with van der Waals surface area (Å²) in [7, 11) is 0. The topological polar surface area (TPSA) is 184 Å². The van der Waals surface area contributed by atoms with E-state index in [1.165, 1.54) is 12.4 Å². The second-order valence-corrected chi connectivity index (χ2v) is 15.0. The van der Waals surface area contributed by atoms with E-state index in [4.69, 9.17) is 9.47 Å². The number of carbonyl (C=O) groups excluding carboxylic acids is 2. The Morgan fingerprint density at radius 3 is 1.80 bits per heavy atom. The Morgan fingerprint density at radius 1 is 0.759 bits per heavy atom. The standard InChI is InChI=1S/C42H54N6O6/c1-7-14-33(49)41(3,4)35-20-11-16-27-24-28(45-27)17-12-23-38-44-26-32(48-38)40(52)54-36(42(5,6)34(50)15-8-2)21-13-19-30-29(46-30)18-9-10-22-37-43-25-31(47-37)39(51)53-35/h7-19,22-23,25-27,29-30,33-36,45-46,49-50H,20-21,24H2,1-6H3,(H,43,47)(H,44,48)/b14-7+,15-8+,16-11-,18-9+,19-13-,22-10-,23-12-,28-17+/t27-,29+,30-,33+,34+,35+,36+/m1/s1. The van der Waals surface area contributed by atoms with Gasteiger partial charge in [-0.15, -0.1) is 0 Å². The quantitative estimate of drug-likeness (QED) is 0.119. The molecule has 6 heterocycles. The molecule has 6 N–H and O–H groups in total. The highest BCUT2D eigenvalue weighted by Crippen LogP contribution is 2.34. The van der Waals surface area contributed by atoms with Crippen molar-refractivity contribution in [1.82, 2.24) is 30.6 Å². The second kappa shape index (κ2) is 17.9. The van der Waals surface area contributed by atoms with E-state index in [0.717, 1.165) is 12.1 Å². The fraction of sp³-hybridized carbons (Fsp3) is 0.429. The zero-order valence-corrected chi connectivity index (χ0v) is 31.9. The highest BCUT2D eigenvalue weighted by Gasteiger charge is 2.39. The summed E-state index contributed by atoms with van der Waals surface area (Å²) in [5.74, 6) is -0.0949. The Bertz CT molecular complexity index is 1850. The van der Waals surface area contributed by atoms with Gasteiger partial charge in [0.05, 0.1) is 24.6 Å². The van der Waals surface area contributed by atoms with Gasteiger partial charge in [-0.25, -0.2) is 19.6 Å².